The number of imidazole rings is 1. The van der Waals surface area contributed by atoms with Crippen molar-refractivity contribution in [3.05, 3.63) is 32.8 Å². The zero-order chi connectivity index (χ0) is 17.4. The van der Waals surface area contributed by atoms with Gasteiger partial charge in [-0.25, -0.2) is 4.98 Å². The molecule has 5 heteroatoms. The summed E-state index contributed by atoms with van der Waals surface area (Å²) in [6.45, 7) is 6.09. The Kier molecular flexibility index (Phi) is 5.05. The molecule has 25 heavy (non-hydrogen) atoms. The molecule has 4 rings (SSSR count). The van der Waals surface area contributed by atoms with Gasteiger partial charge in [-0.05, 0) is 45.4 Å². The molecule has 2 aliphatic rings. The van der Waals surface area contributed by atoms with Crippen LogP contribution in [0.5, 0.6) is 0 Å². The number of nitrogens with zero attached hydrogens (tertiary/aromatic N) is 2. The smallest absolute Gasteiger partial charge is 0.211 e. The van der Waals surface area contributed by atoms with Crippen molar-refractivity contribution < 1.29 is 0 Å². The lowest BCUT2D eigenvalue weighted by atomic mass is 9.95. The fraction of sp³-hybridized carbons (Fsp3) is 0.600. The van der Waals surface area contributed by atoms with E-state index < -0.39 is 0 Å². The van der Waals surface area contributed by atoms with Gasteiger partial charge in [0.15, 0.2) is 5.16 Å². The van der Waals surface area contributed by atoms with E-state index in [4.69, 9.17) is 4.98 Å². The highest BCUT2D eigenvalue weighted by Gasteiger charge is 2.26. The molecule has 0 saturated heterocycles. The fourth-order valence-corrected chi connectivity index (χ4v) is 6.42. The van der Waals surface area contributed by atoms with Crippen LogP contribution in [0.3, 0.4) is 0 Å². The Labute approximate surface area is 157 Å². The van der Waals surface area contributed by atoms with Gasteiger partial charge in [0.25, 0.3) is 0 Å². The van der Waals surface area contributed by atoms with Gasteiger partial charge in [0.2, 0.25) is 5.43 Å². The Morgan fingerprint density at radius 3 is 2.76 bits per heavy atom. The third-order valence-corrected chi connectivity index (χ3v) is 7.81. The number of rotatable bonds is 4. The Morgan fingerprint density at radius 1 is 1.24 bits per heavy atom. The lowest BCUT2D eigenvalue weighted by Gasteiger charge is -2.25. The number of thioether (sulfide) groups is 1. The standard InChI is InChI=1S/C20H26N2OS2/c1-13(2)12-24-20-21-17-18(23)15-10-6-7-11-16(15)25-19(17)22(20)14-8-4-3-5-9-14/h14H,1,3-12H2,2H3. The van der Waals surface area contributed by atoms with Crippen LogP contribution < -0.4 is 5.43 Å². The van der Waals surface area contributed by atoms with E-state index in [0.717, 1.165) is 51.7 Å². The predicted molar refractivity (Wildman–Crippen MR) is 108 cm³/mol. The van der Waals surface area contributed by atoms with Crippen molar-refractivity contribution in [2.45, 2.75) is 75.9 Å². The SMILES string of the molecule is C=C(C)CSc1nc2c(=O)c3c(sc2n1C1CCCCC1)CCCC3. The maximum Gasteiger partial charge on any atom is 0.211 e. The zero-order valence-corrected chi connectivity index (χ0v) is 16.6. The maximum absolute atomic E-state index is 13.1. The number of aryl methyl sites for hydroxylation is 1. The molecule has 1 saturated carbocycles. The van der Waals surface area contributed by atoms with Gasteiger partial charge in [0.1, 0.15) is 10.3 Å². The number of hydrogen-bond acceptors (Lipinski definition) is 4. The summed E-state index contributed by atoms with van der Waals surface area (Å²) < 4.78 is 2.42. The van der Waals surface area contributed by atoms with Crippen LogP contribution in [-0.2, 0) is 12.8 Å². The predicted octanol–water partition coefficient (Wildman–Crippen LogP) is 5.51. The number of fused-ring (bicyclic) bond motifs is 2. The number of aromatic nitrogens is 2. The van der Waals surface area contributed by atoms with Gasteiger partial charge in [0, 0.05) is 22.2 Å². The van der Waals surface area contributed by atoms with Crippen LogP contribution in [0.25, 0.3) is 10.3 Å². The van der Waals surface area contributed by atoms with E-state index in [-0.39, 0.29) is 5.43 Å². The van der Waals surface area contributed by atoms with Crippen molar-refractivity contribution in [2.75, 3.05) is 5.75 Å². The summed E-state index contributed by atoms with van der Waals surface area (Å²) in [5.74, 6) is 0.870. The fourth-order valence-electron chi connectivity index (χ4n) is 4.08. The van der Waals surface area contributed by atoms with E-state index in [1.165, 1.54) is 43.4 Å². The summed E-state index contributed by atoms with van der Waals surface area (Å²) >= 11 is 3.59. The first kappa shape index (κ1) is 17.3. The molecular weight excluding hydrogens is 348 g/mol. The molecule has 0 bridgehead atoms. The normalized spacial score (nSPS) is 18.4. The molecule has 0 spiro atoms. The molecular formula is C20H26N2OS2. The highest BCUT2D eigenvalue weighted by atomic mass is 32.2. The van der Waals surface area contributed by atoms with E-state index in [2.05, 4.69) is 18.1 Å². The van der Waals surface area contributed by atoms with Crippen LogP contribution in [0, 0.1) is 0 Å². The van der Waals surface area contributed by atoms with Gasteiger partial charge in [-0.1, -0.05) is 43.2 Å². The van der Waals surface area contributed by atoms with Crippen LogP contribution in [0.1, 0.15) is 68.4 Å². The van der Waals surface area contributed by atoms with Crippen LogP contribution in [0.15, 0.2) is 22.1 Å². The first-order valence-electron chi connectivity index (χ1n) is 9.49. The van der Waals surface area contributed by atoms with Crippen LogP contribution in [0.4, 0.5) is 0 Å². The second-order valence-corrected chi connectivity index (χ2v) is 9.52. The Hall–Kier alpha value is -1.07. The van der Waals surface area contributed by atoms with Gasteiger partial charge in [-0.2, -0.15) is 0 Å². The lowest BCUT2D eigenvalue weighted by Crippen LogP contribution is -2.17. The van der Waals surface area contributed by atoms with Gasteiger partial charge in [0.05, 0.1) is 0 Å². The zero-order valence-electron chi connectivity index (χ0n) is 15.0. The molecule has 134 valence electrons. The Morgan fingerprint density at radius 2 is 2.00 bits per heavy atom. The molecule has 0 aromatic carbocycles. The van der Waals surface area contributed by atoms with Gasteiger partial charge < -0.3 is 4.57 Å². The molecule has 0 amide bonds. The third kappa shape index (κ3) is 3.33. The summed E-state index contributed by atoms with van der Waals surface area (Å²) in [5.41, 5.74) is 3.13. The molecule has 0 aliphatic heterocycles. The average molecular weight is 375 g/mol. The second kappa shape index (κ2) is 7.28. The van der Waals surface area contributed by atoms with E-state index in [0.29, 0.717) is 6.04 Å². The average Bonchev–Trinajstić information content (AvgIpc) is 2.99. The molecule has 2 aliphatic carbocycles. The largest absolute Gasteiger partial charge is 0.307 e. The van der Waals surface area contributed by atoms with Crippen molar-refractivity contribution in [1.82, 2.24) is 9.55 Å². The molecule has 0 unspecified atom stereocenters. The quantitative estimate of drug-likeness (QED) is 0.523. The number of hydrogen-bond donors (Lipinski definition) is 0. The monoisotopic (exact) mass is 374 g/mol. The summed E-state index contributed by atoms with van der Waals surface area (Å²) in [5, 5.41) is 1.03. The van der Waals surface area contributed by atoms with Crippen molar-refractivity contribution in [2.24, 2.45) is 0 Å². The van der Waals surface area contributed by atoms with Crippen LogP contribution in [-0.4, -0.2) is 15.3 Å². The third-order valence-electron chi connectivity index (χ3n) is 5.35. The summed E-state index contributed by atoms with van der Waals surface area (Å²) in [6, 6.07) is 0.503. The lowest BCUT2D eigenvalue weighted by molar-refractivity contribution is 0.344. The highest BCUT2D eigenvalue weighted by Crippen LogP contribution is 2.38. The molecule has 2 heterocycles. The van der Waals surface area contributed by atoms with Crippen molar-refractivity contribution in [1.29, 1.82) is 0 Å². The molecule has 0 atom stereocenters. The Balaban J connectivity index is 1.87. The van der Waals surface area contributed by atoms with Crippen molar-refractivity contribution in [3.63, 3.8) is 0 Å². The topological polar surface area (TPSA) is 34.9 Å². The minimum atomic E-state index is 0.204. The molecule has 3 nitrogen and oxygen atoms in total. The van der Waals surface area contributed by atoms with E-state index in [9.17, 15) is 4.79 Å². The maximum atomic E-state index is 13.1. The minimum Gasteiger partial charge on any atom is -0.307 e. The van der Waals surface area contributed by atoms with E-state index >= 15 is 0 Å². The minimum absolute atomic E-state index is 0.204. The van der Waals surface area contributed by atoms with Gasteiger partial charge in [-0.3, -0.25) is 4.79 Å². The van der Waals surface area contributed by atoms with Gasteiger partial charge >= 0.3 is 0 Å². The first-order valence-corrected chi connectivity index (χ1v) is 11.3. The highest BCUT2D eigenvalue weighted by molar-refractivity contribution is 7.99. The van der Waals surface area contributed by atoms with Crippen LogP contribution >= 0.6 is 23.1 Å². The second-order valence-electron chi connectivity index (χ2n) is 7.50. The van der Waals surface area contributed by atoms with Crippen LogP contribution in [0.2, 0.25) is 0 Å². The van der Waals surface area contributed by atoms with Gasteiger partial charge in [-0.15, -0.1) is 11.3 Å². The first-order chi connectivity index (χ1) is 12.1. The summed E-state index contributed by atoms with van der Waals surface area (Å²) in [7, 11) is 0. The summed E-state index contributed by atoms with van der Waals surface area (Å²) in [6.07, 6.45) is 10.7. The summed E-state index contributed by atoms with van der Waals surface area (Å²) in [4.78, 5) is 20.4. The van der Waals surface area contributed by atoms with Crippen molar-refractivity contribution >= 4 is 33.4 Å². The van der Waals surface area contributed by atoms with E-state index in [1.807, 2.05) is 11.3 Å². The molecule has 2 aromatic heterocycles. The van der Waals surface area contributed by atoms with Crippen molar-refractivity contribution in [3.8, 4) is 0 Å². The molecule has 0 N–H and O–H groups in total. The molecule has 2 aromatic rings. The van der Waals surface area contributed by atoms with E-state index in [1.54, 1.807) is 11.8 Å². The Bertz CT molecular complexity index is 859. The molecule has 1 fully saturated rings. The molecule has 0 radical (unpaired) electrons.